The van der Waals surface area contributed by atoms with Gasteiger partial charge in [0.2, 0.25) is 0 Å². The predicted molar refractivity (Wildman–Crippen MR) is 45.0 cm³/mol. The Balaban J connectivity index is 2.96. The Labute approximate surface area is 60.0 Å². The quantitative estimate of drug-likeness (QED) is 0.506. The normalized spacial score (nSPS) is 23.6. The molecule has 1 aliphatic rings. The van der Waals surface area contributed by atoms with Crippen molar-refractivity contribution >= 4 is 13.3 Å². The van der Waals surface area contributed by atoms with Gasteiger partial charge in [-0.15, -0.1) is 0 Å². The average molecular weight is 183 g/mol. The average Bonchev–Trinajstić information content (AvgIpc) is 1.79. The van der Waals surface area contributed by atoms with Crippen LogP contribution in [0.1, 0.15) is 13.8 Å². The SMILES string of the molecule is CC1=[CH][Ge]([CH3])([CH3])[CH]=C1C. The summed E-state index contributed by atoms with van der Waals surface area (Å²) in [5.41, 5.74) is 3.03. The minimum atomic E-state index is -1.45. The van der Waals surface area contributed by atoms with Gasteiger partial charge in [0.25, 0.3) is 0 Å². The molecule has 0 radical (unpaired) electrons. The van der Waals surface area contributed by atoms with Gasteiger partial charge in [0.05, 0.1) is 0 Å². The van der Waals surface area contributed by atoms with E-state index in [2.05, 4.69) is 35.2 Å². The molecule has 0 aromatic carbocycles. The second-order valence-electron chi connectivity index (χ2n) is 3.48. The van der Waals surface area contributed by atoms with Gasteiger partial charge in [-0.05, 0) is 0 Å². The second-order valence-corrected chi connectivity index (χ2v) is 12.3. The van der Waals surface area contributed by atoms with E-state index in [1.807, 2.05) is 0 Å². The van der Waals surface area contributed by atoms with Crippen LogP contribution in [0.3, 0.4) is 0 Å². The molecule has 50 valence electrons. The van der Waals surface area contributed by atoms with Gasteiger partial charge in [0.1, 0.15) is 0 Å². The molecule has 0 saturated carbocycles. The maximum absolute atomic E-state index is 2.50. The summed E-state index contributed by atoms with van der Waals surface area (Å²) < 4.78 is 0. The van der Waals surface area contributed by atoms with Crippen LogP contribution in [-0.2, 0) is 0 Å². The topological polar surface area (TPSA) is 0 Å². The first-order valence-electron chi connectivity index (χ1n) is 3.40. The minimum absolute atomic E-state index is 1.45. The number of hydrogen-bond acceptors (Lipinski definition) is 0. The second kappa shape index (κ2) is 2.01. The van der Waals surface area contributed by atoms with E-state index in [-0.39, 0.29) is 0 Å². The van der Waals surface area contributed by atoms with Gasteiger partial charge in [-0.3, -0.25) is 0 Å². The molecule has 0 N–H and O–H groups in total. The van der Waals surface area contributed by atoms with Crippen LogP contribution in [0.5, 0.6) is 0 Å². The van der Waals surface area contributed by atoms with Crippen LogP contribution in [0, 0.1) is 0 Å². The van der Waals surface area contributed by atoms with Crippen LogP contribution in [0.25, 0.3) is 0 Å². The number of hydrogen-bond donors (Lipinski definition) is 0. The van der Waals surface area contributed by atoms with E-state index in [4.69, 9.17) is 0 Å². The molecule has 1 heterocycles. The van der Waals surface area contributed by atoms with Crippen LogP contribution in [0.2, 0.25) is 11.5 Å². The molecule has 1 aliphatic heterocycles. The summed E-state index contributed by atoms with van der Waals surface area (Å²) in [5, 5.41) is 0. The third kappa shape index (κ3) is 1.48. The van der Waals surface area contributed by atoms with Crippen molar-refractivity contribution in [2.45, 2.75) is 25.4 Å². The van der Waals surface area contributed by atoms with E-state index in [9.17, 15) is 0 Å². The molecule has 1 heteroatoms. The third-order valence-corrected chi connectivity index (χ3v) is 6.74. The fraction of sp³-hybridized carbons (Fsp3) is 0.500. The van der Waals surface area contributed by atoms with Gasteiger partial charge >= 0.3 is 59.6 Å². The van der Waals surface area contributed by atoms with E-state index in [1.165, 1.54) is 11.1 Å². The molecule has 1 rings (SSSR count). The molecule has 0 fully saturated rings. The van der Waals surface area contributed by atoms with Crippen molar-refractivity contribution in [2.75, 3.05) is 0 Å². The van der Waals surface area contributed by atoms with Crippen molar-refractivity contribution < 1.29 is 0 Å². The standard InChI is InChI=1S/C8H14Ge/c1-7-5-9(3,4)6-8(7)2/h5-6H,1-4H3. The molecular formula is C8H14Ge. The van der Waals surface area contributed by atoms with Gasteiger partial charge in [-0.1, -0.05) is 0 Å². The van der Waals surface area contributed by atoms with Gasteiger partial charge in [0, 0.05) is 0 Å². The summed E-state index contributed by atoms with van der Waals surface area (Å²) in [6.07, 6.45) is 0. The summed E-state index contributed by atoms with van der Waals surface area (Å²) in [6.45, 7) is 4.43. The van der Waals surface area contributed by atoms with Crippen LogP contribution in [0.15, 0.2) is 21.0 Å². The first-order chi connectivity index (χ1) is 4.01. The van der Waals surface area contributed by atoms with E-state index in [0.29, 0.717) is 0 Å². The predicted octanol–water partition coefficient (Wildman–Crippen LogP) is 2.68. The van der Waals surface area contributed by atoms with Crippen LogP contribution in [0.4, 0.5) is 0 Å². The van der Waals surface area contributed by atoms with E-state index >= 15 is 0 Å². The summed E-state index contributed by atoms with van der Waals surface area (Å²) in [6, 6.07) is 0. The first-order valence-corrected chi connectivity index (χ1v) is 10.0. The van der Waals surface area contributed by atoms with Crippen molar-refractivity contribution in [3.63, 3.8) is 0 Å². The van der Waals surface area contributed by atoms with Crippen molar-refractivity contribution in [3.05, 3.63) is 21.0 Å². The summed E-state index contributed by atoms with van der Waals surface area (Å²) in [7, 11) is 0. The zero-order valence-electron chi connectivity index (χ0n) is 6.65. The Morgan fingerprint density at radius 2 is 1.33 bits per heavy atom. The molecule has 0 aromatic rings. The zero-order chi connectivity index (χ0) is 7.07. The van der Waals surface area contributed by atoms with Crippen LogP contribution in [-0.4, -0.2) is 13.3 Å². The molecule has 0 nitrogen and oxygen atoms in total. The van der Waals surface area contributed by atoms with E-state index in [0.717, 1.165) is 0 Å². The number of allylic oxidation sites excluding steroid dienone is 2. The van der Waals surface area contributed by atoms with Crippen LogP contribution < -0.4 is 0 Å². The Kier molecular flexibility index (Phi) is 1.59. The first kappa shape index (κ1) is 7.13. The van der Waals surface area contributed by atoms with Gasteiger partial charge < -0.3 is 0 Å². The maximum atomic E-state index is 2.50. The van der Waals surface area contributed by atoms with Crippen molar-refractivity contribution in [1.82, 2.24) is 0 Å². The molecule has 0 amide bonds. The van der Waals surface area contributed by atoms with Gasteiger partial charge in [-0.2, -0.15) is 0 Å². The fourth-order valence-corrected chi connectivity index (χ4v) is 7.20. The molecular weight excluding hydrogens is 169 g/mol. The third-order valence-electron chi connectivity index (χ3n) is 1.80. The van der Waals surface area contributed by atoms with Gasteiger partial charge in [0.15, 0.2) is 0 Å². The molecule has 0 aromatic heterocycles. The molecule has 0 spiro atoms. The van der Waals surface area contributed by atoms with Crippen LogP contribution >= 0.6 is 0 Å². The summed E-state index contributed by atoms with van der Waals surface area (Å²) in [4.78, 5) is 4.99. The fourth-order valence-electron chi connectivity index (χ4n) is 1.39. The molecule has 0 bridgehead atoms. The molecule has 0 unspecified atom stereocenters. The monoisotopic (exact) mass is 184 g/mol. The summed E-state index contributed by atoms with van der Waals surface area (Å²) in [5.74, 6) is 4.83. The van der Waals surface area contributed by atoms with Crippen molar-refractivity contribution in [3.8, 4) is 0 Å². The molecule has 0 saturated heterocycles. The zero-order valence-corrected chi connectivity index (χ0v) is 8.75. The van der Waals surface area contributed by atoms with E-state index in [1.54, 1.807) is 0 Å². The van der Waals surface area contributed by atoms with Gasteiger partial charge in [-0.25, -0.2) is 0 Å². The molecule has 9 heavy (non-hydrogen) atoms. The van der Waals surface area contributed by atoms with E-state index < -0.39 is 13.3 Å². The molecule has 0 aliphatic carbocycles. The Bertz CT molecular complexity index is 165. The Morgan fingerprint density at radius 1 is 1.00 bits per heavy atom. The Hall–Kier alpha value is 0.0229. The van der Waals surface area contributed by atoms with Crippen molar-refractivity contribution in [2.24, 2.45) is 0 Å². The van der Waals surface area contributed by atoms with Crippen molar-refractivity contribution in [1.29, 1.82) is 0 Å². The summed E-state index contributed by atoms with van der Waals surface area (Å²) >= 11 is -1.45. The number of rotatable bonds is 0. The Morgan fingerprint density at radius 3 is 1.44 bits per heavy atom. The molecule has 0 atom stereocenters.